The first-order valence-electron chi connectivity index (χ1n) is 6.63. The largest absolute Gasteiger partial charge is 0.489 e. The average molecular weight is 262 g/mol. The van der Waals surface area contributed by atoms with E-state index < -0.39 is 0 Å². The number of fused-ring (bicyclic) bond motifs is 1. The lowest BCUT2D eigenvalue weighted by atomic mass is 10.1. The van der Waals surface area contributed by atoms with Crippen LogP contribution in [0.1, 0.15) is 23.2 Å². The molecule has 102 valence electrons. The molecule has 1 amide bonds. The Bertz CT molecular complexity index is 497. The van der Waals surface area contributed by atoms with Gasteiger partial charge in [0.2, 0.25) is 0 Å². The number of carbonyl (C=O) groups is 1. The number of hydrogen-bond acceptors (Lipinski definition) is 4. The van der Waals surface area contributed by atoms with Crippen molar-refractivity contribution in [1.82, 2.24) is 5.32 Å². The predicted octanol–water partition coefficient (Wildman–Crippen LogP) is 0.993. The summed E-state index contributed by atoms with van der Waals surface area (Å²) in [5.41, 5.74) is 1.34. The maximum atomic E-state index is 12.2. The molecule has 1 aromatic carbocycles. The van der Waals surface area contributed by atoms with Crippen molar-refractivity contribution >= 4 is 11.6 Å². The van der Waals surface area contributed by atoms with Crippen molar-refractivity contribution in [3.63, 3.8) is 0 Å². The van der Waals surface area contributed by atoms with Crippen LogP contribution in [-0.2, 0) is 0 Å². The summed E-state index contributed by atoms with van der Waals surface area (Å²) in [6.07, 6.45) is 1.96. The summed E-state index contributed by atoms with van der Waals surface area (Å²) < 4.78 is 5.58. The number of rotatable bonds is 4. The summed E-state index contributed by atoms with van der Waals surface area (Å²) >= 11 is 0. The van der Waals surface area contributed by atoms with Crippen molar-refractivity contribution in [2.45, 2.75) is 12.8 Å². The molecule has 0 atom stereocenters. The van der Waals surface area contributed by atoms with Crippen LogP contribution < -0.4 is 15.4 Å². The molecule has 1 aromatic rings. The molecule has 2 aliphatic rings. The second-order valence-electron chi connectivity index (χ2n) is 5.30. The van der Waals surface area contributed by atoms with Crippen LogP contribution in [0.3, 0.4) is 0 Å². The number of anilines is 1. The zero-order chi connectivity index (χ0) is 13.3. The molecule has 0 unspecified atom stereocenters. The van der Waals surface area contributed by atoms with Gasteiger partial charge in [0.1, 0.15) is 6.61 Å². The number of nitrogens with one attached hydrogen (secondary N) is 2. The quantitative estimate of drug-likeness (QED) is 0.757. The number of benzene rings is 1. The third-order valence-electron chi connectivity index (χ3n) is 3.84. The summed E-state index contributed by atoms with van der Waals surface area (Å²) in [6, 6.07) is 5.51. The third-order valence-corrected chi connectivity index (χ3v) is 3.84. The Kier molecular flexibility index (Phi) is 3.06. The highest BCUT2D eigenvalue weighted by Crippen LogP contribution is 2.44. The van der Waals surface area contributed by atoms with E-state index in [0.717, 1.165) is 25.1 Å². The Labute approximate surface area is 112 Å². The van der Waals surface area contributed by atoms with Gasteiger partial charge in [-0.05, 0) is 25.0 Å². The Morgan fingerprint density at radius 1 is 1.47 bits per heavy atom. The van der Waals surface area contributed by atoms with E-state index in [1.807, 2.05) is 12.1 Å². The van der Waals surface area contributed by atoms with Crippen molar-refractivity contribution in [2.75, 3.05) is 31.6 Å². The molecule has 1 fully saturated rings. The smallest absolute Gasteiger partial charge is 0.255 e. The molecular formula is C14H18N2O3. The lowest BCUT2D eigenvalue weighted by Crippen LogP contribution is -2.32. The van der Waals surface area contributed by atoms with E-state index in [2.05, 4.69) is 10.6 Å². The minimum atomic E-state index is -0.139. The second-order valence-corrected chi connectivity index (χ2v) is 5.30. The maximum absolute atomic E-state index is 12.2. The van der Waals surface area contributed by atoms with Crippen LogP contribution in [0.2, 0.25) is 0 Å². The standard InChI is InChI=1S/C14H18N2O3/c17-9-14(4-5-14)8-16-13(18)10-2-1-3-11-12(10)19-7-6-15-11/h1-3,15,17H,4-9H2,(H,16,18). The Morgan fingerprint density at radius 3 is 3.05 bits per heavy atom. The lowest BCUT2D eigenvalue weighted by Gasteiger charge is -2.21. The summed E-state index contributed by atoms with van der Waals surface area (Å²) in [5, 5.41) is 15.4. The van der Waals surface area contributed by atoms with Crippen molar-refractivity contribution in [3.05, 3.63) is 23.8 Å². The number of ether oxygens (including phenoxy) is 1. The third kappa shape index (κ3) is 2.38. The molecule has 5 heteroatoms. The van der Waals surface area contributed by atoms with Crippen molar-refractivity contribution in [3.8, 4) is 5.75 Å². The van der Waals surface area contributed by atoms with Crippen LogP contribution in [0.4, 0.5) is 5.69 Å². The van der Waals surface area contributed by atoms with Gasteiger partial charge in [0, 0.05) is 18.5 Å². The maximum Gasteiger partial charge on any atom is 0.255 e. The minimum Gasteiger partial charge on any atom is -0.489 e. The van der Waals surface area contributed by atoms with Gasteiger partial charge in [-0.2, -0.15) is 0 Å². The molecule has 0 bridgehead atoms. The number of aliphatic hydroxyl groups excluding tert-OH is 1. The van der Waals surface area contributed by atoms with Gasteiger partial charge in [-0.25, -0.2) is 0 Å². The highest BCUT2D eigenvalue weighted by molar-refractivity contribution is 5.99. The van der Waals surface area contributed by atoms with E-state index in [-0.39, 0.29) is 17.9 Å². The number of aliphatic hydroxyl groups is 1. The predicted molar refractivity (Wildman–Crippen MR) is 71.5 cm³/mol. The fourth-order valence-electron chi connectivity index (χ4n) is 2.28. The molecule has 19 heavy (non-hydrogen) atoms. The van der Waals surface area contributed by atoms with Gasteiger partial charge in [0.05, 0.1) is 17.9 Å². The minimum absolute atomic E-state index is 0.0798. The van der Waals surface area contributed by atoms with Crippen LogP contribution in [0.25, 0.3) is 0 Å². The van der Waals surface area contributed by atoms with E-state index >= 15 is 0 Å². The Hall–Kier alpha value is -1.75. The molecule has 1 aliphatic heterocycles. The lowest BCUT2D eigenvalue weighted by molar-refractivity contribution is 0.0931. The molecule has 0 radical (unpaired) electrons. The molecule has 1 aliphatic carbocycles. The van der Waals surface area contributed by atoms with Crippen molar-refractivity contribution in [2.24, 2.45) is 5.41 Å². The van der Waals surface area contributed by atoms with E-state index in [4.69, 9.17) is 4.74 Å². The van der Waals surface area contributed by atoms with Gasteiger partial charge < -0.3 is 20.5 Å². The molecule has 1 saturated carbocycles. The Morgan fingerprint density at radius 2 is 2.32 bits per heavy atom. The Balaban J connectivity index is 1.73. The van der Waals surface area contributed by atoms with E-state index in [1.54, 1.807) is 6.07 Å². The van der Waals surface area contributed by atoms with Crippen LogP contribution in [0.15, 0.2) is 18.2 Å². The second kappa shape index (κ2) is 4.74. The molecular weight excluding hydrogens is 244 g/mol. The monoisotopic (exact) mass is 262 g/mol. The van der Waals surface area contributed by atoms with Crippen LogP contribution in [0, 0.1) is 5.41 Å². The van der Waals surface area contributed by atoms with Crippen LogP contribution in [-0.4, -0.2) is 37.3 Å². The normalized spacial score (nSPS) is 18.8. The fraction of sp³-hybridized carbons (Fsp3) is 0.500. The average Bonchev–Trinajstić information content (AvgIpc) is 3.25. The van der Waals surface area contributed by atoms with Gasteiger partial charge in [-0.15, -0.1) is 0 Å². The number of amides is 1. The van der Waals surface area contributed by atoms with Gasteiger partial charge in [-0.1, -0.05) is 6.07 Å². The molecule has 1 heterocycles. The van der Waals surface area contributed by atoms with Crippen molar-refractivity contribution in [1.29, 1.82) is 0 Å². The van der Waals surface area contributed by atoms with E-state index in [9.17, 15) is 9.90 Å². The first-order valence-corrected chi connectivity index (χ1v) is 6.63. The first kappa shape index (κ1) is 12.3. The van der Waals surface area contributed by atoms with Gasteiger partial charge in [0.15, 0.2) is 5.75 Å². The highest BCUT2D eigenvalue weighted by Gasteiger charge is 2.42. The van der Waals surface area contributed by atoms with Gasteiger partial charge >= 0.3 is 0 Å². The molecule has 0 saturated heterocycles. The topological polar surface area (TPSA) is 70.6 Å². The van der Waals surface area contributed by atoms with Gasteiger partial charge in [0.25, 0.3) is 5.91 Å². The van der Waals surface area contributed by atoms with E-state index in [0.29, 0.717) is 24.5 Å². The summed E-state index contributed by atoms with van der Waals surface area (Å²) in [7, 11) is 0. The number of carbonyl (C=O) groups excluding carboxylic acids is 1. The number of para-hydroxylation sites is 1. The first-order chi connectivity index (χ1) is 9.24. The van der Waals surface area contributed by atoms with Crippen LogP contribution in [0.5, 0.6) is 5.75 Å². The van der Waals surface area contributed by atoms with Crippen LogP contribution >= 0.6 is 0 Å². The van der Waals surface area contributed by atoms with E-state index in [1.165, 1.54) is 0 Å². The molecule has 0 aromatic heterocycles. The summed E-state index contributed by atoms with van der Waals surface area (Å²) in [5.74, 6) is 0.486. The summed E-state index contributed by atoms with van der Waals surface area (Å²) in [6.45, 7) is 1.99. The molecule has 3 rings (SSSR count). The highest BCUT2D eigenvalue weighted by atomic mass is 16.5. The molecule has 5 nitrogen and oxygen atoms in total. The zero-order valence-electron chi connectivity index (χ0n) is 10.7. The SMILES string of the molecule is O=C(NCC1(CO)CC1)c1cccc2c1OCCN2. The molecule has 3 N–H and O–H groups in total. The molecule has 0 spiro atoms. The zero-order valence-corrected chi connectivity index (χ0v) is 10.7. The van der Waals surface area contributed by atoms with Gasteiger partial charge in [-0.3, -0.25) is 4.79 Å². The number of hydrogen-bond donors (Lipinski definition) is 3. The van der Waals surface area contributed by atoms with Crippen molar-refractivity contribution < 1.29 is 14.6 Å². The fourth-order valence-corrected chi connectivity index (χ4v) is 2.28. The summed E-state index contributed by atoms with van der Waals surface area (Å²) in [4.78, 5) is 12.2.